The standard InChI is InChI=1S/C20H24FN3O/c1-15(19-9-2-3-10-22-19)23-20(25)17-7-5-11-24(14-17)13-16-6-4-8-18(21)12-16/h2-4,6,8-10,12,15,17H,5,7,11,13-14H2,1H3,(H,23,25)/t15-,17+/m0/s1. The fourth-order valence-corrected chi connectivity index (χ4v) is 3.34. The monoisotopic (exact) mass is 341 g/mol. The summed E-state index contributed by atoms with van der Waals surface area (Å²) in [5, 5.41) is 3.07. The van der Waals surface area contributed by atoms with E-state index in [1.165, 1.54) is 6.07 Å². The third-order valence-electron chi connectivity index (χ3n) is 4.66. The van der Waals surface area contributed by atoms with Gasteiger partial charge < -0.3 is 5.32 Å². The first-order chi connectivity index (χ1) is 12.1. The van der Waals surface area contributed by atoms with Crippen LogP contribution in [0.3, 0.4) is 0 Å². The van der Waals surface area contributed by atoms with Gasteiger partial charge in [0, 0.05) is 19.3 Å². The molecule has 1 N–H and O–H groups in total. The normalized spacial score (nSPS) is 19.4. The number of halogens is 1. The summed E-state index contributed by atoms with van der Waals surface area (Å²) < 4.78 is 13.3. The molecule has 4 nitrogen and oxygen atoms in total. The van der Waals surface area contributed by atoms with Crippen molar-refractivity contribution in [3.05, 3.63) is 65.7 Å². The zero-order chi connectivity index (χ0) is 17.6. The zero-order valence-electron chi connectivity index (χ0n) is 14.5. The van der Waals surface area contributed by atoms with Crippen molar-refractivity contribution in [1.82, 2.24) is 15.2 Å². The summed E-state index contributed by atoms with van der Waals surface area (Å²) in [5.74, 6) is -0.177. The largest absolute Gasteiger partial charge is 0.348 e. The highest BCUT2D eigenvalue weighted by atomic mass is 19.1. The fraction of sp³-hybridized carbons (Fsp3) is 0.400. The molecule has 1 saturated heterocycles. The highest BCUT2D eigenvalue weighted by Gasteiger charge is 2.27. The number of pyridine rings is 1. The maximum atomic E-state index is 13.3. The summed E-state index contributed by atoms with van der Waals surface area (Å²) in [7, 11) is 0. The van der Waals surface area contributed by atoms with Crippen molar-refractivity contribution < 1.29 is 9.18 Å². The van der Waals surface area contributed by atoms with Gasteiger partial charge in [0.05, 0.1) is 17.7 Å². The first kappa shape index (κ1) is 17.5. The van der Waals surface area contributed by atoms with Crippen LogP contribution in [0.2, 0.25) is 0 Å². The summed E-state index contributed by atoms with van der Waals surface area (Å²) in [6.45, 7) is 4.28. The van der Waals surface area contributed by atoms with E-state index in [1.54, 1.807) is 18.3 Å². The summed E-state index contributed by atoms with van der Waals surface area (Å²) in [6.07, 6.45) is 3.60. The minimum absolute atomic E-state index is 0.0338. The summed E-state index contributed by atoms with van der Waals surface area (Å²) in [5.41, 5.74) is 1.81. The number of nitrogens with one attached hydrogen (secondary N) is 1. The topological polar surface area (TPSA) is 45.2 Å². The molecule has 1 fully saturated rings. The van der Waals surface area contributed by atoms with Crippen LogP contribution in [0.25, 0.3) is 0 Å². The Kier molecular flexibility index (Phi) is 5.76. The second-order valence-electron chi connectivity index (χ2n) is 6.69. The van der Waals surface area contributed by atoms with Gasteiger partial charge in [0.15, 0.2) is 0 Å². The number of rotatable bonds is 5. The number of carbonyl (C=O) groups excluding carboxylic acids is 1. The van der Waals surface area contributed by atoms with E-state index in [0.717, 1.165) is 30.6 Å². The molecule has 1 aromatic heterocycles. The molecule has 1 aromatic carbocycles. The first-order valence-electron chi connectivity index (χ1n) is 8.80. The number of carbonyl (C=O) groups is 1. The van der Waals surface area contributed by atoms with E-state index in [-0.39, 0.29) is 23.7 Å². The van der Waals surface area contributed by atoms with E-state index in [9.17, 15) is 9.18 Å². The molecule has 0 radical (unpaired) electrons. The molecule has 0 saturated carbocycles. The Balaban J connectivity index is 1.56. The quantitative estimate of drug-likeness (QED) is 0.907. The molecular weight excluding hydrogens is 317 g/mol. The Labute approximate surface area is 148 Å². The molecule has 2 aromatic rings. The van der Waals surface area contributed by atoms with Crippen LogP contribution >= 0.6 is 0 Å². The molecule has 1 aliphatic heterocycles. The molecule has 0 bridgehead atoms. The number of amides is 1. The van der Waals surface area contributed by atoms with Gasteiger partial charge in [-0.3, -0.25) is 14.7 Å². The van der Waals surface area contributed by atoms with Crippen molar-refractivity contribution in [2.75, 3.05) is 13.1 Å². The number of hydrogen-bond acceptors (Lipinski definition) is 3. The molecule has 2 heterocycles. The van der Waals surface area contributed by atoms with Gasteiger partial charge in [-0.05, 0) is 56.1 Å². The maximum Gasteiger partial charge on any atom is 0.224 e. The molecule has 0 spiro atoms. The molecule has 0 aliphatic carbocycles. The fourth-order valence-electron chi connectivity index (χ4n) is 3.34. The number of piperidine rings is 1. The Hall–Kier alpha value is -2.27. The van der Waals surface area contributed by atoms with Crippen molar-refractivity contribution in [2.24, 2.45) is 5.92 Å². The van der Waals surface area contributed by atoms with Gasteiger partial charge in [0.1, 0.15) is 5.82 Å². The summed E-state index contributed by atoms with van der Waals surface area (Å²) in [6, 6.07) is 12.3. The molecule has 25 heavy (non-hydrogen) atoms. The van der Waals surface area contributed by atoms with E-state index >= 15 is 0 Å². The smallest absolute Gasteiger partial charge is 0.224 e. The van der Waals surface area contributed by atoms with Crippen LogP contribution in [0.1, 0.15) is 37.1 Å². The molecular formula is C20H24FN3O. The van der Waals surface area contributed by atoms with Crippen molar-refractivity contribution >= 4 is 5.91 Å². The minimum Gasteiger partial charge on any atom is -0.348 e. The number of hydrogen-bond donors (Lipinski definition) is 1. The van der Waals surface area contributed by atoms with Gasteiger partial charge in [0.25, 0.3) is 0 Å². The highest BCUT2D eigenvalue weighted by Crippen LogP contribution is 2.20. The lowest BCUT2D eigenvalue weighted by atomic mass is 9.96. The Bertz CT molecular complexity index is 707. The second kappa shape index (κ2) is 8.21. The third kappa shape index (κ3) is 4.86. The van der Waals surface area contributed by atoms with Gasteiger partial charge in [-0.2, -0.15) is 0 Å². The van der Waals surface area contributed by atoms with Crippen LogP contribution in [0, 0.1) is 11.7 Å². The van der Waals surface area contributed by atoms with E-state index in [1.807, 2.05) is 31.2 Å². The molecule has 0 unspecified atom stereocenters. The van der Waals surface area contributed by atoms with E-state index < -0.39 is 0 Å². The molecule has 1 aliphatic rings. The van der Waals surface area contributed by atoms with E-state index in [2.05, 4.69) is 15.2 Å². The average Bonchev–Trinajstić information content (AvgIpc) is 2.62. The Morgan fingerprint density at radius 2 is 2.24 bits per heavy atom. The van der Waals surface area contributed by atoms with Crippen LogP contribution < -0.4 is 5.32 Å². The minimum atomic E-state index is -0.215. The number of likely N-dealkylation sites (tertiary alicyclic amines) is 1. The van der Waals surface area contributed by atoms with Crippen molar-refractivity contribution in [3.63, 3.8) is 0 Å². The second-order valence-corrected chi connectivity index (χ2v) is 6.69. The zero-order valence-corrected chi connectivity index (χ0v) is 14.5. The van der Waals surface area contributed by atoms with Gasteiger partial charge in [0.2, 0.25) is 5.91 Å². The third-order valence-corrected chi connectivity index (χ3v) is 4.66. The molecule has 1 amide bonds. The predicted octanol–water partition coefficient (Wildman–Crippen LogP) is 3.31. The number of nitrogens with zero attached hydrogens (tertiary/aromatic N) is 2. The lowest BCUT2D eigenvalue weighted by Gasteiger charge is -2.32. The Morgan fingerprint density at radius 3 is 3.00 bits per heavy atom. The number of benzene rings is 1. The van der Waals surface area contributed by atoms with Crippen LogP contribution in [0.4, 0.5) is 4.39 Å². The first-order valence-corrected chi connectivity index (χ1v) is 8.80. The Morgan fingerprint density at radius 1 is 1.36 bits per heavy atom. The van der Waals surface area contributed by atoms with Gasteiger partial charge in [-0.1, -0.05) is 18.2 Å². The van der Waals surface area contributed by atoms with Gasteiger partial charge in [-0.25, -0.2) is 4.39 Å². The van der Waals surface area contributed by atoms with Crippen LogP contribution in [-0.4, -0.2) is 28.9 Å². The van der Waals surface area contributed by atoms with Crippen molar-refractivity contribution in [3.8, 4) is 0 Å². The van der Waals surface area contributed by atoms with E-state index in [4.69, 9.17) is 0 Å². The van der Waals surface area contributed by atoms with Crippen molar-refractivity contribution in [1.29, 1.82) is 0 Å². The highest BCUT2D eigenvalue weighted by molar-refractivity contribution is 5.79. The molecule has 132 valence electrons. The average molecular weight is 341 g/mol. The van der Waals surface area contributed by atoms with E-state index in [0.29, 0.717) is 13.1 Å². The molecule has 2 atom stereocenters. The lowest BCUT2D eigenvalue weighted by Crippen LogP contribution is -2.43. The van der Waals surface area contributed by atoms with Crippen LogP contribution in [-0.2, 0) is 11.3 Å². The lowest BCUT2D eigenvalue weighted by molar-refractivity contribution is -0.127. The van der Waals surface area contributed by atoms with Gasteiger partial charge in [-0.15, -0.1) is 0 Å². The SMILES string of the molecule is C[C@H](NC(=O)[C@@H]1CCCN(Cc2cccc(F)c2)C1)c1ccccn1. The maximum absolute atomic E-state index is 13.3. The predicted molar refractivity (Wildman–Crippen MR) is 95.2 cm³/mol. The summed E-state index contributed by atoms with van der Waals surface area (Å²) in [4.78, 5) is 19.1. The van der Waals surface area contributed by atoms with Crippen LogP contribution in [0.5, 0.6) is 0 Å². The summed E-state index contributed by atoms with van der Waals surface area (Å²) >= 11 is 0. The molecule has 3 rings (SSSR count). The number of aromatic nitrogens is 1. The van der Waals surface area contributed by atoms with Gasteiger partial charge >= 0.3 is 0 Å². The molecule has 5 heteroatoms. The van der Waals surface area contributed by atoms with Crippen molar-refractivity contribution in [2.45, 2.75) is 32.4 Å². The van der Waals surface area contributed by atoms with Crippen LogP contribution in [0.15, 0.2) is 48.7 Å².